The van der Waals surface area contributed by atoms with Gasteiger partial charge in [-0.15, -0.1) is 0 Å². The molecule has 0 spiro atoms. The molecule has 1 aliphatic heterocycles. The Kier molecular flexibility index (Phi) is 4.69. The van der Waals surface area contributed by atoms with Crippen molar-refractivity contribution in [2.45, 2.75) is 26.7 Å². The van der Waals surface area contributed by atoms with Crippen molar-refractivity contribution in [1.82, 2.24) is 9.78 Å². The van der Waals surface area contributed by atoms with E-state index in [9.17, 15) is 9.59 Å². The Morgan fingerprint density at radius 1 is 1.07 bits per heavy atom. The first-order valence-electron chi connectivity index (χ1n) is 9.37. The van der Waals surface area contributed by atoms with E-state index in [0.717, 1.165) is 29.2 Å². The predicted octanol–water partition coefficient (Wildman–Crippen LogP) is 3.87. The standard InChI is InChI=1S/C22H22N4O2/c1-15-14-16(2)26(24-15)18-11-9-17(10-12-18)22(28)23-19-6-3-4-7-20(19)25-13-5-8-21(25)27/h3-4,6-7,9-12,14H,5,8,13H2,1-2H3,(H,23,28). The number of hydrogen-bond acceptors (Lipinski definition) is 3. The van der Waals surface area contributed by atoms with Crippen LogP contribution < -0.4 is 10.2 Å². The minimum Gasteiger partial charge on any atom is -0.320 e. The maximum atomic E-state index is 12.7. The van der Waals surface area contributed by atoms with E-state index >= 15 is 0 Å². The Morgan fingerprint density at radius 3 is 2.46 bits per heavy atom. The molecular formula is C22H22N4O2. The second kappa shape index (κ2) is 7.31. The summed E-state index contributed by atoms with van der Waals surface area (Å²) in [5.41, 5.74) is 4.84. The number of carbonyl (C=O) groups is 2. The van der Waals surface area contributed by atoms with Gasteiger partial charge in [0.15, 0.2) is 0 Å². The Labute approximate surface area is 163 Å². The predicted molar refractivity (Wildman–Crippen MR) is 109 cm³/mol. The molecule has 2 amide bonds. The third kappa shape index (κ3) is 3.41. The minimum absolute atomic E-state index is 0.0935. The third-order valence-corrected chi connectivity index (χ3v) is 4.90. The van der Waals surface area contributed by atoms with Crippen LogP contribution in [0.15, 0.2) is 54.6 Å². The molecule has 1 fully saturated rings. The van der Waals surface area contributed by atoms with E-state index in [4.69, 9.17) is 0 Å². The molecule has 1 saturated heterocycles. The van der Waals surface area contributed by atoms with Crippen molar-refractivity contribution < 1.29 is 9.59 Å². The van der Waals surface area contributed by atoms with Crippen LogP contribution in [0.2, 0.25) is 0 Å². The topological polar surface area (TPSA) is 67.2 Å². The van der Waals surface area contributed by atoms with E-state index in [1.54, 1.807) is 17.0 Å². The van der Waals surface area contributed by atoms with Crippen molar-refractivity contribution in [2.75, 3.05) is 16.8 Å². The van der Waals surface area contributed by atoms with Crippen LogP contribution in [0.5, 0.6) is 0 Å². The van der Waals surface area contributed by atoms with Crippen LogP contribution in [0, 0.1) is 13.8 Å². The summed E-state index contributed by atoms with van der Waals surface area (Å²) in [5, 5.41) is 7.41. The van der Waals surface area contributed by atoms with Gasteiger partial charge in [-0.2, -0.15) is 5.10 Å². The smallest absolute Gasteiger partial charge is 0.255 e. The lowest BCUT2D eigenvalue weighted by Crippen LogP contribution is -2.25. The molecule has 0 saturated carbocycles. The second-order valence-corrected chi connectivity index (χ2v) is 7.01. The molecule has 4 rings (SSSR count). The molecule has 6 heteroatoms. The number of rotatable bonds is 4. The van der Waals surface area contributed by atoms with Crippen LogP contribution in [0.4, 0.5) is 11.4 Å². The highest BCUT2D eigenvalue weighted by atomic mass is 16.2. The summed E-state index contributed by atoms with van der Waals surface area (Å²) in [5.74, 6) is -0.116. The largest absolute Gasteiger partial charge is 0.320 e. The van der Waals surface area contributed by atoms with E-state index in [1.807, 2.05) is 61.0 Å². The van der Waals surface area contributed by atoms with Crippen LogP contribution in [0.1, 0.15) is 34.6 Å². The summed E-state index contributed by atoms with van der Waals surface area (Å²) >= 11 is 0. The molecule has 142 valence electrons. The van der Waals surface area contributed by atoms with Crippen LogP contribution in [-0.2, 0) is 4.79 Å². The maximum Gasteiger partial charge on any atom is 0.255 e. The van der Waals surface area contributed by atoms with E-state index in [2.05, 4.69) is 10.4 Å². The summed E-state index contributed by atoms with van der Waals surface area (Å²) in [7, 11) is 0. The summed E-state index contributed by atoms with van der Waals surface area (Å²) < 4.78 is 1.85. The first kappa shape index (κ1) is 18.0. The van der Waals surface area contributed by atoms with Crippen LogP contribution in [0.25, 0.3) is 5.69 Å². The molecule has 3 aromatic rings. The summed E-state index contributed by atoms with van der Waals surface area (Å²) in [6.07, 6.45) is 1.39. The number of anilines is 2. The number of nitrogens with one attached hydrogen (secondary N) is 1. The van der Waals surface area contributed by atoms with Crippen molar-refractivity contribution in [3.63, 3.8) is 0 Å². The molecule has 0 radical (unpaired) electrons. The highest BCUT2D eigenvalue weighted by Crippen LogP contribution is 2.29. The average Bonchev–Trinajstić information content (AvgIpc) is 3.27. The zero-order valence-electron chi connectivity index (χ0n) is 16.0. The van der Waals surface area contributed by atoms with Gasteiger partial charge in [0.1, 0.15) is 0 Å². The van der Waals surface area contributed by atoms with Gasteiger partial charge in [0.05, 0.1) is 22.8 Å². The second-order valence-electron chi connectivity index (χ2n) is 7.01. The molecule has 28 heavy (non-hydrogen) atoms. The van der Waals surface area contributed by atoms with Gasteiger partial charge in [0.25, 0.3) is 5.91 Å². The maximum absolute atomic E-state index is 12.7. The number of para-hydroxylation sites is 2. The summed E-state index contributed by atoms with van der Waals surface area (Å²) in [6, 6.07) is 16.8. The van der Waals surface area contributed by atoms with Gasteiger partial charge in [-0.1, -0.05) is 12.1 Å². The fourth-order valence-corrected chi connectivity index (χ4v) is 3.56. The Morgan fingerprint density at radius 2 is 1.82 bits per heavy atom. The van der Waals surface area contributed by atoms with Crippen LogP contribution in [-0.4, -0.2) is 28.1 Å². The molecule has 2 aromatic carbocycles. The van der Waals surface area contributed by atoms with Gasteiger partial charge in [-0.3, -0.25) is 9.59 Å². The Hall–Kier alpha value is -3.41. The fraction of sp³-hybridized carbons (Fsp3) is 0.227. The number of nitrogens with zero attached hydrogens (tertiary/aromatic N) is 3. The number of aryl methyl sites for hydroxylation is 2. The number of benzene rings is 2. The quantitative estimate of drug-likeness (QED) is 0.754. The monoisotopic (exact) mass is 374 g/mol. The number of hydrogen-bond donors (Lipinski definition) is 1. The molecule has 0 bridgehead atoms. The van der Waals surface area contributed by atoms with Gasteiger partial charge in [-0.25, -0.2) is 4.68 Å². The van der Waals surface area contributed by atoms with Crippen molar-refractivity contribution in [1.29, 1.82) is 0 Å². The van der Waals surface area contributed by atoms with E-state index < -0.39 is 0 Å². The molecule has 6 nitrogen and oxygen atoms in total. The SMILES string of the molecule is Cc1cc(C)n(-c2ccc(C(=O)Nc3ccccc3N3CCCC3=O)cc2)n1. The molecule has 0 atom stereocenters. The van der Waals surface area contributed by atoms with Gasteiger partial charge in [0, 0.05) is 24.2 Å². The van der Waals surface area contributed by atoms with E-state index in [0.29, 0.717) is 24.2 Å². The van der Waals surface area contributed by atoms with Gasteiger partial charge in [-0.05, 0) is 62.7 Å². The minimum atomic E-state index is -0.209. The molecule has 2 heterocycles. The number of aromatic nitrogens is 2. The summed E-state index contributed by atoms with van der Waals surface area (Å²) in [4.78, 5) is 26.6. The van der Waals surface area contributed by atoms with Crippen molar-refractivity contribution in [3.05, 3.63) is 71.5 Å². The van der Waals surface area contributed by atoms with Crippen molar-refractivity contribution >= 4 is 23.2 Å². The Bertz CT molecular complexity index is 1040. The highest BCUT2D eigenvalue weighted by molar-refractivity contribution is 6.08. The first-order valence-corrected chi connectivity index (χ1v) is 9.37. The van der Waals surface area contributed by atoms with E-state index in [1.165, 1.54) is 0 Å². The zero-order valence-corrected chi connectivity index (χ0v) is 16.0. The molecular weight excluding hydrogens is 352 g/mol. The van der Waals surface area contributed by atoms with E-state index in [-0.39, 0.29) is 11.8 Å². The molecule has 1 aromatic heterocycles. The number of amides is 2. The Balaban J connectivity index is 1.55. The van der Waals surface area contributed by atoms with Gasteiger partial charge < -0.3 is 10.2 Å². The summed E-state index contributed by atoms with van der Waals surface area (Å²) in [6.45, 7) is 4.63. The molecule has 1 aliphatic rings. The molecule has 0 aliphatic carbocycles. The van der Waals surface area contributed by atoms with Gasteiger partial charge >= 0.3 is 0 Å². The zero-order chi connectivity index (χ0) is 19.7. The third-order valence-electron chi connectivity index (χ3n) is 4.90. The average molecular weight is 374 g/mol. The first-order chi connectivity index (χ1) is 13.5. The van der Waals surface area contributed by atoms with Crippen LogP contribution >= 0.6 is 0 Å². The van der Waals surface area contributed by atoms with Crippen LogP contribution in [0.3, 0.4) is 0 Å². The molecule has 0 unspecified atom stereocenters. The lowest BCUT2D eigenvalue weighted by Gasteiger charge is -2.20. The van der Waals surface area contributed by atoms with Gasteiger partial charge in [0.2, 0.25) is 5.91 Å². The lowest BCUT2D eigenvalue weighted by molar-refractivity contribution is -0.117. The van der Waals surface area contributed by atoms with Crippen molar-refractivity contribution in [2.24, 2.45) is 0 Å². The number of carbonyl (C=O) groups excluding carboxylic acids is 2. The molecule has 1 N–H and O–H groups in total. The fourth-order valence-electron chi connectivity index (χ4n) is 3.56. The normalized spacial score (nSPS) is 13.8. The highest BCUT2D eigenvalue weighted by Gasteiger charge is 2.24. The van der Waals surface area contributed by atoms with Crippen molar-refractivity contribution in [3.8, 4) is 5.69 Å². The lowest BCUT2D eigenvalue weighted by atomic mass is 10.1.